The Morgan fingerprint density at radius 1 is 1.53 bits per heavy atom. The van der Waals surface area contributed by atoms with E-state index in [2.05, 4.69) is 32.5 Å². The standard InChI is InChI=1S/C12H15N5O2/c1-3-5-7-10(13-12-14-16-17-15-12)9(6-4-2)8-11(18)19/h3-7H,2,8H2,1H3,(H,18,19)(H2,13,14,15,16,17)/b5-3-,9-6-,10-7+. The zero-order valence-corrected chi connectivity index (χ0v) is 10.5. The maximum absolute atomic E-state index is 10.9. The van der Waals surface area contributed by atoms with E-state index in [1.54, 1.807) is 18.2 Å². The number of H-pyrrole nitrogens is 1. The SMILES string of the molecule is C=C\C=C(CC(=O)O)/C(=C\C=C/C)Nc1nn[nH]n1. The van der Waals surface area contributed by atoms with Crippen molar-refractivity contribution in [3.05, 3.63) is 48.2 Å². The lowest BCUT2D eigenvalue weighted by Crippen LogP contribution is -2.08. The number of tetrazole rings is 1. The number of nitrogens with one attached hydrogen (secondary N) is 2. The van der Waals surface area contributed by atoms with Gasteiger partial charge in [-0.2, -0.15) is 5.21 Å². The van der Waals surface area contributed by atoms with Crippen molar-refractivity contribution >= 4 is 11.9 Å². The summed E-state index contributed by atoms with van der Waals surface area (Å²) >= 11 is 0. The molecule has 0 fully saturated rings. The number of aromatic amines is 1. The van der Waals surface area contributed by atoms with Gasteiger partial charge in [-0.1, -0.05) is 36.0 Å². The number of hydrogen-bond donors (Lipinski definition) is 3. The van der Waals surface area contributed by atoms with Gasteiger partial charge in [-0.25, -0.2) is 0 Å². The Kier molecular flexibility index (Phi) is 5.74. The molecule has 0 bridgehead atoms. The second-order valence-corrected chi connectivity index (χ2v) is 3.46. The third kappa shape index (κ3) is 4.99. The fraction of sp³-hybridized carbons (Fsp3) is 0.167. The first-order valence-electron chi connectivity index (χ1n) is 5.54. The number of aromatic nitrogens is 4. The van der Waals surface area contributed by atoms with Gasteiger partial charge in [0.25, 0.3) is 5.95 Å². The summed E-state index contributed by atoms with van der Waals surface area (Å²) in [7, 11) is 0. The molecule has 1 heterocycles. The van der Waals surface area contributed by atoms with Crippen molar-refractivity contribution in [3.8, 4) is 0 Å². The van der Waals surface area contributed by atoms with E-state index in [1.807, 2.05) is 13.0 Å². The Balaban J connectivity index is 3.02. The van der Waals surface area contributed by atoms with E-state index in [4.69, 9.17) is 5.11 Å². The Bertz CT molecular complexity index is 514. The number of rotatable bonds is 7. The van der Waals surface area contributed by atoms with Crippen LogP contribution < -0.4 is 5.32 Å². The summed E-state index contributed by atoms with van der Waals surface area (Å²) in [4.78, 5) is 10.9. The number of hydrogen-bond acceptors (Lipinski definition) is 5. The Morgan fingerprint density at radius 3 is 2.84 bits per heavy atom. The fourth-order valence-corrected chi connectivity index (χ4v) is 1.31. The van der Waals surface area contributed by atoms with E-state index < -0.39 is 5.97 Å². The molecule has 1 rings (SSSR count). The first-order chi connectivity index (χ1) is 9.17. The van der Waals surface area contributed by atoms with Crippen LogP contribution in [0.3, 0.4) is 0 Å². The smallest absolute Gasteiger partial charge is 0.307 e. The van der Waals surface area contributed by atoms with Crippen molar-refractivity contribution in [3.63, 3.8) is 0 Å². The van der Waals surface area contributed by atoms with Crippen LogP contribution in [-0.2, 0) is 4.79 Å². The summed E-state index contributed by atoms with van der Waals surface area (Å²) < 4.78 is 0. The summed E-state index contributed by atoms with van der Waals surface area (Å²) in [6.07, 6.45) is 8.34. The highest BCUT2D eigenvalue weighted by molar-refractivity contribution is 5.72. The van der Waals surface area contributed by atoms with E-state index in [0.29, 0.717) is 11.3 Å². The second kappa shape index (κ2) is 7.59. The van der Waals surface area contributed by atoms with Crippen LogP contribution in [0.2, 0.25) is 0 Å². The summed E-state index contributed by atoms with van der Waals surface area (Å²) in [5, 5.41) is 25.1. The lowest BCUT2D eigenvalue weighted by molar-refractivity contribution is -0.136. The van der Waals surface area contributed by atoms with Gasteiger partial charge in [0.2, 0.25) is 0 Å². The molecule has 0 spiro atoms. The highest BCUT2D eigenvalue weighted by Gasteiger charge is 2.10. The first kappa shape index (κ1) is 14.4. The van der Waals surface area contributed by atoms with Gasteiger partial charge >= 0.3 is 5.97 Å². The Morgan fingerprint density at radius 2 is 2.32 bits per heavy atom. The van der Waals surface area contributed by atoms with Crippen molar-refractivity contribution in [1.29, 1.82) is 0 Å². The quantitative estimate of drug-likeness (QED) is 0.645. The number of aliphatic carboxylic acids is 1. The van der Waals surface area contributed by atoms with Crippen LogP contribution in [0.1, 0.15) is 13.3 Å². The lowest BCUT2D eigenvalue weighted by atomic mass is 10.1. The average Bonchev–Trinajstić information content (AvgIpc) is 2.86. The molecule has 0 radical (unpaired) electrons. The molecule has 7 heteroatoms. The van der Waals surface area contributed by atoms with Gasteiger partial charge in [0.05, 0.1) is 6.42 Å². The number of nitrogens with zero attached hydrogens (tertiary/aromatic N) is 3. The van der Waals surface area contributed by atoms with Crippen molar-refractivity contribution in [1.82, 2.24) is 20.6 Å². The largest absolute Gasteiger partial charge is 0.481 e. The van der Waals surface area contributed by atoms with E-state index in [9.17, 15) is 4.79 Å². The number of carbonyl (C=O) groups is 1. The van der Waals surface area contributed by atoms with E-state index >= 15 is 0 Å². The van der Waals surface area contributed by atoms with E-state index in [-0.39, 0.29) is 12.4 Å². The molecule has 7 nitrogen and oxygen atoms in total. The number of allylic oxidation sites excluding steroid dienone is 6. The topological polar surface area (TPSA) is 104 Å². The van der Waals surface area contributed by atoms with Crippen LogP contribution in [0.25, 0.3) is 0 Å². The molecule has 0 aromatic carbocycles. The molecule has 0 aliphatic rings. The van der Waals surface area contributed by atoms with Crippen LogP contribution >= 0.6 is 0 Å². The van der Waals surface area contributed by atoms with Crippen LogP contribution in [0.5, 0.6) is 0 Å². The minimum absolute atomic E-state index is 0.139. The average molecular weight is 261 g/mol. The molecule has 0 atom stereocenters. The van der Waals surface area contributed by atoms with Crippen molar-refractivity contribution in [2.75, 3.05) is 5.32 Å². The van der Waals surface area contributed by atoms with Gasteiger partial charge in [-0.3, -0.25) is 4.79 Å². The van der Waals surface area contributed by atoms with Gasteiger partial charge in [0.1, 0.15) is 0 Å². The van der Waals surface area contributed by atoms with Gasteiger partial charge < -0.3 is 10.4 Å². The van der Waals surface area contributed by atoms with Crippen molar-refractivity contribution < 1.29 is 9.90 Å². The van der Waals surface area contributed by atoms with E-state index in [0.717, 1.165) is 0 Å². The zero-order valence-electron chi connectivity index (χ0n) is 10.5. The van der Waals surface area contributed by atoms with Crippen LogP contribution in [0, 0.1) is 0 Å². The summed E-state index contributed by atoms with van der Waals surface area (Å²) in [5.74, 6) is -0.675. The van der Waals surface area contributed by atoms with Crippen LogP contribution in [0.4, 0.5) is 5.95 Å². The Labute approximate surface area is 110 Å². The van der Waals surface area contributed by atoms with Gasteiger partial charge in [0, 0.05) is 5.70 Å². The Hall–Kier alpha value is -2.70. The molecule has 1 aromatic heterocycles. The maximum atomic E-state index is 10.9. The third-order valence-electron chi connectivity index (χ3n) is 2.05. The maximum Gasteiger partial charge on any atom is 0.307 e. The predicted octanol–water partition coefficient (Wildman–Crippen LogP) is 1.66. The molecular weight excluding hydrogens is 246 g/mol. The summed E-state index contributed by atoms with van der Waals surface area (Å²) in [6, 6.07) is 0. The molecule has 3 N–H and O–H groups in total. The predicted molar refractivity (Wildman–Crippen MR) is 71.2 cm³/mol. The number of carboxylic acid groups (broad SMARTS) is 1. The molecule has 0 amide bonds. The molecule has 0 saturated carbocycles. The first-order valence-corrected chi connectivity index (χ1v) is 5.54. The normalized spacial score (nSPS) is 12.7. The van der Waals surface area contributed by atoms with Gasteiger partial charge in [-0.05, 0) is 23.8 Å². The molecule has 100 valence electrons. The summed E-state index contributed by atoms with van der Waals surface area (Å²) in [5.41, 5.74) is 1.13. The zero-order chi connectivity index (χ0) is 14.1. The lowest BCUT2D eigenvalue weighted by Gasteiger charge is -2.09. The molecule has 0 aliphatic carbocycles. The van der Waals surface area contributed by atoms with Crippen LogP contribution in [-0.4, -0.2) is 31.7 Å². The van der Waals surface area contributed by atoms with Gasteiger partial charge in [0.15, 0.2) is 0 Å². The highest BCUT2D eigenvalue weighted by Crippen LogP contribution is 2.16. The third-order valence-corrected chi connectivity index (χ3v) is 2.05. The number of carboxylic acids is 1. The highest BCUT2D eigenvalue weighted by atomic mass is 16.4. The van der Waals surface area contributed by atoms with Gasteiger partial charge in [-0.15, -0.1) is 5.10 Å². The minimum atomic E-state index is -0.936. The fourth-order valence-electron chi connectivity index (χ4n) is 1.31. The molecular formula is C12H15N5O2. The van der Waals surface area contributed by atoms with E-state index in [1.165, 1.54) is 6.08 Å². The molecule has 0 aliphatic heterocycles. The molecule has 1 aromatic rings. The number of anilines is 1. The van der Waals surface area contributed by atoms with Crippen molar-refractivity contribution in [2.45, 2.75) is 13.3 Å². The molecule has 19 heavy (non-hydrogen) atoms. The molecule has 0 saturated heterocycles. The minimum Gasteiger partial charge on any atom is -0.481 e. The van der Waals surface area contributed by atoms with Crippen molar-refractivity contribution in [2.24, 2.45) is 0 Å². The molecule has 0 unspecified atom stereocenters. The second-order valence-electron chi connectivity index (χ2n) is 3.46. The summed E-state index contributed by atoms with van der Waals surface area (Å²) in [6.45, 7) is 5.43. The van der Waals surface area contributed by atoms with Crippen LogP contribution in [0.15, 0.2) is 48.2 Å². The monoisotopic (exact) mass is 261 g/mol.